The summed E-state index contributed by atoms with van der Waals surface area (Å²) in [5.41, 5.74) is 1.59. The Morgan fingerprint density at radius 1 is 1.45 bits per heavy atom. The van der Waals surface area contributed by atoms with E-state index in [4.69, 9.17) is 14.7 Å². The SMILES string of the molecule is CCC(=NO)c1ccc(OCC2CN(C)CCO2)cc1. The minimum atomic E-state index is 0.124. The van der Waals surface area contributed by atoms with Gasteiger partial charge in [-0.25, -0.2) is 0 Å². The van der Waals surface area contributed by atoms with Crippen molar-refractivity contribution in [2.24, 2.45) is 5.16 Å². The lowest BCUT2D eigenvalue weighted by molar-refractivity contribution is -0.0403. The minimum absolute atomic E-state index is 0.124. The van der Waals surface area contributed by atoms with Gasteiger partial charge in [0.1, 0.15) is 18.5 Å². The smallest absolute Gasteiger partial charge is 0.119 e. The highest BCUT2D eigenvalue weighted by Gasteiger charge is 2.18. The van der Waals surface area contributed by atoms with Crippen molar-refractivity contribution < 1.29 is 14.7 Å². The fraction of sp³-hybridized carbons (Fsp3) is 0.533. The Balaban J connectivity index is 1.87. The van der Waals surface area contributed by atoms with E-state index in [0.29, 0.717) is 18.7 Å². The Kier molecular flexibility index (Phi) is 5.38. The second-order valence-corrected chi connectivity index (χ2v) is 4.99. The molecule has 0 radical (unpaired) electrons. The van der Waals surface area contributed by atoms with Crippen LogP contribution < -0.4 is 4.74 Å². The van der Waals surface area contributed by atoms with Crippen LogP contribution in [0.5, 0.6) is 5.75 Å². The highest BCUT2D eigenvalue weighted by Crippen LogP contribution is 2.15. The van der Waals surface area contributed by atoms with Crippen LogP contribution in [0.2, 0.25) is 0 Å². The zero-order valence-corrected chi connectivity index (χ0v) is 12.1. The maximum absolute atomic E-state index is 8.88. The van der Waals surface area contributed by atoms with Gasteiger partial charge in [-0.05, 0) is 43.3 Å². The molecule has 110 valence electrons. The third kappa shape index (κ3) is 3.95. The predicted molar refractivity (Wildman–Crippen MR) is 77.8 cm³/mol. The summed E-state index contributed by atoms with van der Waals surface area (Å²) in [5.74, 6) is 0.805. The zero-order valence-electron chi connectivity index (χ0n) is 12.1. The number of ether oxygens (including phenoxy) is 2. The van der Waals surface area contributed by atoms with Gasteiger partial charge < -0.3 is 19.6 Å². The lowest BCUT2D eigenvalue weighted by atomic mass is 10.1. The van der Waals surface area contributed by atoms with E-state index < -0.39 is 0 Å². The van der Waals surface area contributed by atoms with Crippen LogP contribution in [0.4, 0.5) is 0 Å². The van der Waals surface area contributed by atoms with Crippen LogP contribution >= 0.6 is 0 Å². The first kappa shape index (κ1) is 14.8. The van der Waals surface area contributed by atoms with E-state index in [9.17, 15) is 0 Å². The van der Waals surface area contributed by atoms with Crippen LogP contribution in [-0.4, -0.2) is 55.3 Å². The highest BCUT2D eigenvalue weighted by atomic mass is 16.5. The molecular formula is C15H22N2O3. The molecule has 1 fully saturated rings. The lowest BCUT2D eigenvalue weighted by Crippen LogP contribution is -2.42. The van der Waals surface area contributed by atoms with Crippen LogP contribution in [0.1, 0.15) is 18.9 Å². The number of hydrogen-bond acceptors (Lipinski definition) is 5. The summed E-state index contributed by atoms with van der Waals surface area (Å²) in [6.07, 6.45) is 0.817. The zero-order chi connectivity index (χ0) is 14.4. The summed E-state index contributed by atoms with van der Waals surface area (Å²) in [6, 6.07) is 7.59. The Hall–Kier alpha value is -1.59. The molecule has 0 aromatic heterocycles. The van der Waals surface area contributed by atoms with Crippen LogP contribution in [0.25, 0.3) is 0 Å². The van der Waals surface area contributed by atoms with E-state index in [-0.39, 0.29) is 6.10 Å². The molecule has 1 heterocycles. The number of rotatable bonds is 5. The summed E-state index contributed by atoms with van der Waals surface area (Å²) < 4.78 is 11.4. The molecule has 1 atom stereocenters. The molecule has 1 unspecified atom stereocenters. The molecular weight excluding hydrogens is 256 g/mol. The first-order valence-electron chi connectivity index (χ1n) is 6.97. The number of likely N-dealkylation sites (N-methyl/N-ethyl adjacent to an activating group) is 1. The average Bonchev–Trinajstić information content (AvgIpc) is 2.48. The molecule has 20 heavy (non-hydrogen) atoms. The second-order valence-electron chi connectivity index (χ2n) is 4.99. The van der Waals surface area contributed by atoms with Gasteiger partial charge in [-0.2, -0.15) is 0 Å². The third-order valence-corrected chi connectivity index (χ3v) is 3.42. The van der Waals surface area contributed by atoms with E-state index in [2.05, 4.69) is 17.1 Å². The van der Waals surface area contributed by atoms with Crippen LogP contribution in [0, 0.1) is 0 Å². The molecule has 1 aromatic carbocycles. The largest absolute Gasteiger partial charge is 0.491 e. The summed E-state index contributed by atoms with van der Waals surface area (Å²) >= 11 is 0. The summed E-state index contributed by atoms with van der Waals surface area (Å²) in [4.78, 5) is 2.24. The van der Waals surface area contributed by atoms with Gasteiger partial charge in [0.2, 0.25) is 0 Å². The van der Waals surface area contributed by atoms with Crippen LogP contribution in [0.15, 0.2) is 29.4 Å². The number of benzene rings is 1. The van der Waals surface area contributed by atoms with Crippen LogP contribution in [0.3, 0.4) is 0 Å². The average molecular weight is 278 g/mol. The summed E-state index contributed by atoms with van der Waals surface area (Å²) in [7, 11) is 2.09. The Bertz CT molecular complexity index is 445. The molecule has 0 spiro atoms. The second kappa shape index (κ2) is 7.26. The van der Waals surface area contributed by atoms with Crippen molar-refractivity contribution in [2.75, 3.05) is 33.4 Å². The summed E-state index contributed by atoms with van der Waals surface area (Å²) in [5, 5.41) is 12.2. The van der Waals surface area contributed by atoms with Crippen molar-refractivity contribution in [3.8, 4) is 5.75 Å². The first-order chi connectivity index (χ1) is 9.72. The topological polar surface area (TPSA) is 54.3 Å². The number of hydrogen-bond donors (Lipinski definition) is 1. The molecule has 0 amide bonds. The Morgan fingerprint density at radius 2 is 2.20 bits per heavy atom. The van der Waals surface area contributed by atoms with E-state index in [1.54, 1.807) is 0 Å². The van der Waals surface area contributed by atoms with Crippen molar-refractivity contribution in [1.82, 2.24) is 4.90 Å². The van der Waals surface area contributed by atoms with Gasteiger partial charge in [0.25, 0.3) is 0 Å². The molecule has 0 saturated carbocycles. The quantitative estimate of drug-likeness (QED) is 0.508. The van der Waals surface area contributed by atoms with Crippen molar-refractivity contribution in [3.05, 3.63) is 29.8 Å². The monoisotopic (exact) mass is 278 g/mol. The Morgan fingerprint density at radius 3 is 2.80 bits per heavy atom. The van der Waals surface area contributed by atoms with Crippen LogP contribution in [-0.2, 0) is 4.74 Å². The fourth-order valence-electron chi connectivity index (χ4n) is 2.23. The van der Waals surface area contributed by atoms with E-state index in [1.807, 2.05) is 31.2 Å². The van der Waals surface area contributed by atoms with Gasteiger partial charge in [-0.3, -0.25) is 0 Å². The molecule has 1 aromatic rings. The lowest BCUT2D eigenvalue weighted by Gasteiger charge is -2.29. The van der Waals surface area contributed by atoms with Gasteiger partial charge >= 0.3 is 0 Å². The number of oxime groups is 1. The minimum Gasteiger partial charge on any atom is -0.491 e. The molecule has 0 aliphatic carbocycles. The van der Waals surface area contributed by atoms with Gasteiger partial charge in [0, 0.05) is 13.1 Å². The Labute approximate surface area is 119 Å². The van der Waals surface area contributed by atoms with Gasteiger partial charge in [-0.15, -0.1) is 0 Å². The summed E-state index contributed by atoms with van der Waals surface area (Å²) in [6.45, 7) is 5.14. The van der Waals surface area contributed by atoms with Gasteiger partial charge in [-0.1, -0.05) is 12.1 Å². The molecule has 5 nitrogen and oxygen atoms in total. The normalized spacial score (nSPS) is 20.9. The maximum Gasteiger partial charge on any atom is 0.119 e. The van der Waals surface area contributed by atoms with Crippen molar-refractivity contribution in [2.45, 2.75) is 19.4 Å². The molecule has 1 saturated heterocycles. The highest BCUT2D eigenvalue weighted by molar-refractivity contribution is 6.00. The molecule has 2 rings (SSSR count). The number of nitrogens with zero attached hydrogens (tertiary/aromatic N) is 2. The maximum atomic E-state index is 8.88. The van der Waals surface area contributed by atoms with E-state index >= 15 is 0 Å². The third-order valence-electron chi connectivity index (χ3n) is 3.42. The molecule has 1 N–H and O–H groups in total. The van der Waals surface area contributed by atoms with Crippen molar-refractivity contribution in [3.63, 3.8) is 0 Å². The molecule has 5 heteroatoms. The first-order valence-corrected chi connectivity index (χ1v) is 6.97. The van der Waals surface area contributed by atoms with Gasteiger partial charge in [0.05, 0.1) is 12.3 Å². The molecule has 1 aliphatic heterocycles. The van der Waals surface area contributed by atoms with Crippen molar-refractivity contribution >= 4 is 5.71 Å². The van der Waals surface area contributed by atoms with Crippen molar-refractivity contribution in [1.29, 1.82) is 0 Å². The van der Waals surface area contributed by atoms with E-state index in [1.165, 1.54) is 0 Å². The molecule has 0 bridgehead atoms. The standard InChI is InChI=1S/C15H22N2O3/c1-3-15(16-18)12-4-6-13(7-5-12)20-11-14-10-17(2)8-9-19-14/h4-7,14,18H,3,8-11H2,1-2H3. The van der Waals surface area contributed by atoms with E-state index in [0.717, 1.165) is 31.0 Å². The number of morpholine rings is 1. The van der Waals surface area contributed by atoms with Gasteiger partial charge in [0.15, 0.2) is 0 Å². The fourth-order valence-corrected chi connectivity index (χ4v) is 2.23. The molecule has 1 aliphatic rings. The predicted octanol–water partition coefficient (Wildman–Crippen LogP) is 1.98.